The van der Waals surface area contributed by atoms with Gasteiger partial charge in [-0.05, 0) is 48.4 Å². The maximum absolute atomic E-state index is 13.4. The molecule has 1 N–H and O–H groups in total. The van der Waals surface area contributed by atoms with Gasteiger partial charge in [-0.2, -0.15) is 0 Å². The SMILES string of the molecule is CCCCOc1ccc(/C(O)=C2\C(=O)C(=O)N(c3nnc(C(C)C)s3)C2c2ccc(OC)c(OC)c2)cc1. The van der Waals surface area contributed by atoms with Crippen LogP contribution in [-0.2, 0) is 9.59 Å². The fraction of sp³-hybridized carbons (Fsp3) is 0.357. The van der Waals surface area contributed by atoms with Gasteiger partial charge in [0.15, 0.2) is 11.5 Å². The highest BCUT2D eigenvalue weighted by Crippen LogP contribution is 2.45. The summed E-state index contributed by atoms with van der Waals surface area (Å²) in [6.07, 6.45) is 1.95. The van der Waals surface area contributed by atoms with E-state index >= 15 is 0 Å². The number of aliphatic hydroxyl groups is 1. The molecule has 2 heterocycles. The first-order valence-electron chi connectivity index (χ1n) is 12.4. The highest BCUT2D eigenvalue weighted by Gasteiger charge is 2.48. The smallest absolute Gasteiger partial charge is 0.301 e. The van der Waals surface area contributed by atoms with Crippen LogP contribution in [0.4, 0.5) is 5.13 Å². The zero-order valence-corrected chi connectivity index (χ0v) is 22.9. The number of hydrogen-bond acceptors (Lipinski definition) is 9. The van der Waals surface area contributed by atoms with Crippen LogP contribution in [0.15, 0.2) is 48.0 Å². The summed E-state index contributed by atoms with van der Waals surface area (Å²) in [7, 11) is 3.02. The minimum Gasteiger partial charge on any atom is -0.507 e. The molecule has 1 atom stereocenters. The van der Waals surface area contributed by atoms with E-state index < -0.39 is 17.7 Å². The molecule has 0 radical (unpaired) electrons. The Kier molecular flexibility index (Phi) is 8.31. The molecule has 1 unspecified atom stereocenters. The molecule has 0 spiro atoms. The van der Waals surface area contributed by atoms with Crippen LogP contribution in [0.25, 0.3) is 5.76 Å². The summed E-state index contributed by atoms with van der Waals surface area (Å²) in [6.45, 7) is 6.62. The summed E-state index contributed by atoms with van der Waals surface area (Å²) < 4.78 is 16.5. The van der Waals surface area contributed by atoms with Crippen molar-refractivity contribution in [2.24, 2.45) is 0 Å². The Bertz CT molecular complexity index is 1350. The second-order valence-electron chi connectivity index (χ2n) is 9.09. The molecule has 1 fully saturated rings. The van der Waals surface area contributed by atoms with Gasteiger partial charge in [0.1, 0.15) is 16.5 Å². The molecule has 2 aromatic carbocycles. The van der Waals surface area contributed by atoms with Gasteiger partial charge in [-0.15, -0.1) is 10.2 Å². The van der Waals surface area contributed by atoms with Crippen molar-refractivity contribution >= 4 is 33.9 Å². The molecule has 1 amide bonds. The van der Waals surface area contributed by atoms with Crippen molar-refractivity contribution in [2.45, 2.75) is 45.6 Å². The van der Waals surface area contributed by atoms with Crippen LogP contribution in [0.5, 0.6) is 17.2 Å². The minimum atomic E-state index is -0.955. The number of carbonyl (C=O) groups excluding carboxylic acids is 2. The summed E-state index contributed by atoms with van der Waals surface area (Å²) in [4.78, 5) is 28.1. The summed E-state index contributed by atoms with van der Waals surface area (Å²) in [5.41, 5.74) is 0.879. The largest absolute Gasteiger partial charge is 0.507 e. The topological polar surface area (TPSA) is 111 Å². The molecular weight excluding hydrogens is 506 g/mol. The number of benzene rings is 2. The number of nitrogens with zero attached hydrogens (tertiary/aromatic N) is 3. The number of amides is 1. The van der Waals surface area contributed by atoms with E-state index in [2.05, 4.69) is 17.1 Å². The number of methoxy groups -OCH3 is 2. The van der Waals surface area contributed by atoms with Crippen LogP contribution in [0.3, 0.4) is 0 Å². The summed E-state index contributed by atoms with van der Waals surface area (Å²) in [6, 6.07) is 10.9. The molecule has 0 saturated carbocycles. The highest BCUT2D eigenvalue weighted by atomic mass is 32.1. The number of hydrogen-bond donors (Lipinski definition) is 1. The standard InChI is InChI=1S/C28H31N3O6S/c1-6-7-14-37-19-11-8-17(9-12-19)24(32)22-23(18-10-13-20(35-4)21(15-18)36-5)31(27(34)25(22)33)28-30-29-26(38-28)16(2)3/h8-13,15-16,23,32H,6-7,14H2,1-5H3/b24-22+. The van der Waals surface area contributed by atoms with E-state index in [4.69, 9.17) is 14.2 Å². The maximum atomic E-state index is 13.4. The lowest BCUT2D eigenvalue weighted by Crippen LogP contribution is -2.29. The van der Waals surface area contributed by atoms with Crippen molar-refractivity contribution in [3.8, 4) is 17.2 Å². The van der Waals surface area contributed by atoms with Gasteiger partial charge < -0.3 is 19.3 Å². The third-order valence-corrected chi connectivity index (χ3v) is 7.42. The van der Waals surface area contributed by atoms with Gasteiger partial charge in [0, 0.05) is 11.5 Å². The monoisotopic (exact) mass is 537 g/mol. The molecule has 1 aromatic heterocycles. The molecule has 1 aliphatic heterocycles. The van der Waals surface area contributed by atoms with Crippen LogP contribution in [-0.4, -0.2) is 47.8 Å². The van der Waals surface area contributed by atoms with Crippen molar-refractivity contribution in [3.63, 3.8) is 0 Å². The first kappa shape index (κ1) is 27.1. The van der Waals surface area contributed by atoms with E-state index in [1.54, 1.807) is 42.5 Å². The van der Waals surface area contributed by atoms with E-state index in [9.17, 15) is 14.7 Å². The summed E-state index contributed by atoms with van der Waals surface area (Å²) in [5, 5.41) is 20.8. The van der Waals surface area contributed by atoms with Gasteiger partial charge in [0.05, 0.1) is 32.4 Å². The van der Waals surface area contributed by atoms with E-state index in [1.807, 2.05) is 13.8 Å². The van der Waals surface area contributed by atoms with Crippen molar-refractivity contribution in [2.75, 3.05) is 25.7 Å². The Hall–Kier alpha value is -3.92. The van der Waals surface area contributed by atoms with Gasteiger partial charge in [-0.25, -0.2) is 0 Å². The Morgan fingerprint density at radius 1 is 1.05 bits per heavy atom. The summed E-state index contributed by atoms with van der Waals surface area (Å²) in [5.74, 6) is -0.240. The number of anilines is 1. The van der Waals surface area contributed by atoms with E-state index in [0.717, 1.165) is 17.8 Å². The first-order valence-corrected chi connectivity index (χ1v) is 13.2. The molecule has 38 heavy (non-hydrogen) atoms. The van der Waals surface area contributed by atoms with Crippen molar-refractivity contribution < 1.29 is 28.9 Å². The molecule has 0 bridgehead atoms. The van der Waals surface area contributed by atoms with Crippen molar-refractivity contribution in [1.82, 2.24) is 10.2 Å². The number of ether oxygens (including phenoxy) is 3. The maximum Gasteiger partial charge on any atom is 0.301 e. The number of unbranched alkanes of at least 4 members (excludes halogenated alkanes) is 1. The molecule has 9 nitrogen and oxygen atoms in total. The average Bonchev–Trinajstić information content (AvgIpc) is 3.51. The zero-order chi connectivity index (χ0) is 27.4. The fourth-order valence-electron chi connectivity index (χ4n) is 4.12. The Balaban J connectivity index is 1.84. The minimum absolute atomic E-state index is 0.0526. The number of ketones is 1. The van der Waals surface area contributed by atoms with E-state index in [1.165, 1.54) is 30.5 Å². The van der Waals surface area contributed by atoms with E-state index in [-0.39, 0.29) is 22.4 Å². The highest BCUT2D eigenvalue weighted by molar-refractivity contribution is 7.15. The van der Waals surface area contributed by atoms with Crippen LogP contribution >= 0.6 is 11.3 Å². The average molecular weight is 538 g/mol. The quantitative estimate of drug-likeness (QED) is 0.157. The lowest BCUT2D eigenvalue weighted by Gasteiger charge is -2.23. The first-order chi connectivity index (χ1) is 18.3. The predicted octanol–water partition coefficient (Wildman–Crippen LogP) is 5.48. The Morgan fingerprint density at radius 2 is 1.76 bits per heavy atom. The fourth-order valence-corrected chi connectivity index (χ4v) is 5.00. The molecule has 4 rings (SSSR count). The molecular formula is C28H31N3O6S. The van der Waals surface area contributed by atoms with Crippen LogP contribution < -0.4 is 19.1 Å². The van der Waals surface area contributed by atoms with Crippen LogP contribution in [0.2, 0.25) is 0 Å². The third-order valence-electron chi connectivity index (χ3n) is 6.19. The number of aromatic nitrogens is 2. The number of carbonyl (C=O) groups is 2. The number of Topliss-reactive ketones (excluding diaryl/α,β-unsaturated/α-hetero) is 1. The van der Waals surface area contributed by atoms with Gasteiger partial charge >= 0.3 is 5.91 Å². The zero-order valence-electron chi connectivity index (χ0n) is 22.1. The number of aliphatic hydroxyl groups excluding tert-OH is 1. The van der Waals surface area contributed by atoms with Crippen molar-refractivity contribution in [3.05, 3.63) is 64.2 Å². The number of rotatable bonds is 10. The summed E-state index contributed by atoms with van der Waals surface area (Å²) >= 11 is 1.23. The van der Waals surface area contributed by atoms with E-state index in [0.29, 0.717) is 35.0 Å². The van der Waals surface area contributed by atoms with Gasteiger partial charge in [0.2, 0.25) is 5.13 Å². The molecule has 10 heteroatoms. The lowest BCUT2D eigenvalue weighted by molar-refractivity contribution is -0.132. The molecule has 1 saturated heterocycles. The second kappa shape index (κ2) is 11.6. The predicted molar refractivity (Wildman–Crippen MR) is 145 cm³/mol. The van der Waals surface area contributed by atoms with Gasteiger partial charge in [-0.1, -0.05) is 44.6 Å². The molecule has 200 valence electrons. The van der Waals surface area contributed by atoms with Gasteiger partial charge in [-0.3, -0.25) is 14.5 Å². The Labute approximate surface area is 225 Å². The van der Waals surface area contributed by atoms with Crippen molar-refractivity contribution in [1.29, 1.82) is 0 Å². The lowest BCUT2D eigenvalue weighted by atomic mass is 9.95. The second-order valence-corrected chi connectivity index (χ2v) is 10.1. The Morgan fingerprint density at radius 3 is 2.37 bits per heavy atom. The third kappa shape index (κ3) is 5.22. The molecule has 3 aromatic rings. The van der Waals surface area contributed by atoms with Crippen LogP contribution in [0, 0.1) is 0 Å². The van der Waals surface area contributed by atoms with Gasteiger partial charge in [0.25, 0.3) is 5.78 Å². The molecule has 1 aliphatic rings. The molecule has 0 aliphatic carbocycles. The normalized spacial score (nSPS) is 16.8. The van der Waals surface area contributed by atoms with Crippen LogP contribution in [0.1, 0.15) is 61.7 Å².